The second-order valence-electron chi connectivity index (χ2n) is 4.95. The molecule has 1 N–H and O–H groups in total. The Morgan fingerprint density at radius 2 is 2.13 bits per heavy atom. The lowest BCUT2D eigenvalue weighted by atomic mass is 10.3. The number of hydrogen-bond acceptors (Lipinski definition) is 5. The molecule has 3 heterocycles. The first kappa shape index (κ1) is 15.7. The molecule has 0 aliphatic carbocycles. The van der Waals surface area contributed by atoms with Crippen LogP contribution in [0.2, 0.25) is 5.02 Å². The first-order chi connectivity index (χ1) is 11.0. The second-order valence-corrected chi connectivity index (χ2v) is 5.36. The summed E-state index contributed by atoms with van der Waals surface area (Å²) in [5.41, 5.74) is 2.20. The van der Waals surface area contributed by atoms with Gasteiger partial charge in [0.1, 0.15) is 5.02 Å². The molecule has 0 aliphatic rings. The van der Waals surface area contributed by atoms with Crippen LogP contribution in [0.5, 0.6) is 5.88 Å². The lowest BCUT2D eigenvalue weighted by molar-refractivity contribution is 0.120. The number of halogens is 2. The number of aromatic nitrogens is 5. The van der Waals surface area contributed by atoms with Gasteiger partial charge >= 0.3 is 0 Å². The van der Waals surface area contributed by atoms with Gasteiger partial charge in [-0.25, -0.2) is 9.37 Å². The molecule has 0 aliphatic heterocycles. The van der Waals surface area contributed by atoms with E-state index in [0.29, 0.717) is 27.9 Å². The van der Waals surface area contributed by atoms with Crippen molar-refractivity contribution in [3.63, 3.8) is 0 Å². The molecule has 0 spiro atoms. The van der Waals surface area contributed by atoms with Gasteiger partial charge in [0.25, 0.3) is 0 Å². The highest BCUT2D eigenvalue weighted by Crippen LogP contribution is 2.31. The van der Waals surface area contributed by atoms with Gasteiger partial charge in [0, 0.05) is 14.2 Å². The molecule has 0 saturated carbocycles. The molecule has 1 unspecified atom stereocenters. The summed E-state index contributed by atoms with van der Waals surface area (Å²) in [6, 6.07) is 3.56. The van der Waals surface area contributed by atoms with E-state index < -0.39 is 6.17 Å². The summed E-state index contributed by atoms with van der Waals surface area (Å²) in [6.07, 6.45) is -1.36. The summed E-state index contributed by atoms with van der Waals surface area (Å²) in [4.78, 5) is 7.21. The maximum atomic E-state index is 13.8. The lowest BCUT2D eigenvalue weighted by Crippen LogP contribution is -2.02. The quantitative estimate of drug-likeness (QED) is 0.773. The second kappa shape index (κ2) is 6.13. The molecule has 3 aromatic heterocycles. The summed E-state index contributed by atoms with van der Waals surface area (Å²) in [7, 11) is 4.77. The zero-order valence-electron chi connectivity index (χ0n) is 12.8. The molecule has 9 heteroatoms. The lowest BCUT2D eigenvalue weighted by Gasteiger charge is -2.04. The van der Waals surface area contributed by atoms with Crippen molar-refractivity contribution in [1.29, 1.82) is 0 Å². The van der Waals surface area contributed by atoms with Crippen LogP contribution in [0.15, 0.2) is 12.1 Å². The summed E-state index contributed by atoms with van der Waals surface area (Å²) < 4.78 is 25.6. The van der Waals surface area contributed by atoms with Crippen molar-refractivity contribution in [2.75, 3.05) is 20.8 Å². The van der Waals surface area contributed by atoms with Gasteiger partial charge in [-0.1, -0.05) is 11.6 Å². The van der Waals surface area contributed by atoms with Crippen LogP contribution in [0.4, 0.5) is 4.39 Å². The van der Waals surface area contributed by atoms with Crippen LogP contribution in [0.25, 0.3) is 22.6 Å². The fraction of sp³-hybridized carbons (Fsp3) is 0.357. The number of pyridine rings is 1. The number of aryl methyl sites for hydroxylation is 1. The Hall–Kier alpha value is -2.19. The third kappa shape index (κ3) is 2.75. The molecular weight excluding hydrogens is 325 g/mol. The van der Waals surface area contributed by atoms with Gasteiger partial charge in [-0.15, -0.1) is 10.2 Å². The van der Waals surface area contributed by atoms with Crippen molar-refractivity contribution in [3.05, 3.63) is 23.0 Å². The number of nitrogens with one attached hydrogen (secondary N) is 1. The molecular formula is C14H15ClFN5O2. The van der Waals surface area contributed by atoms with Crippen LogP contribution in [0.1, 0.15) is 12.0 Å². The zero-order chi connectivity index (χ0) is 16.6. The third-order valence-electron chi connectivity index (χ3n) is 3.50. The molecule has 1 atom stereocenters. The molecule has 0 bridgehead atoms. The molecule has 0 saturated heterocycles. The van der Waals surface area contributed by atoms with Gasteiger partial charge in [-0.3, -0.25) is 0 Å². The van der Waals surface area contributed by atoms with Gasteiger partial charge in [0.05, 0.1) is 30.4 Å². The van der Waals surface area contributed by atoms with Crippen molar-refractivity contribution in [2.45, 2.75) is 6.17 Å². The van der Waals surface area contributed by atoms with E-state index in [0.717, 1.165) is 5.52 Å². The normalized spacial score (nSPS) is 12.7. The third-order valence-corrected chi connectivity index (χ3v) is 3.77. The highest BCUT2D eigenvalue weighted by atomic mass is 35.5. The minimum Gasteiger partial charge on any atom is -0.480 e. The van der Waals surface area contributed by atoms with Crippen LogP contribution in [0.3, 0.4) is 0 Å². The minimum atomic E-state index is -1.36. The highest BCUT2D eigenvalue weighted by Gasteiger charge is 2.19. The molecule has 0 fully saturated rings. The fourth-order valence-electron chi connectivity index (χ4n) is 2.33. The predicted octanol–water partition coefficient (Wildman–Crippen LogP) is 2.68. The van der Waals surface area contributed by atoms with E-state index in [2.05, 4.69) is 20.2 Å². The van der Waals surface area contributed by atoms with E-state index in [1.54, 1.807) is 6.07 Å². The standard InChI is InChI=1S/C14H15ClFN5O2/c1-21-10-4-7(15)14(23-3)17-9(10)5-11(21)13-18-12(19-20-13)8(16)6-22-2/h4-5,8H,6H2,1-3H3,(H,18,19,20). The molecule has 0 amide bonds. The van der Waals surface area contributed by atoms with E-state index in [1.165, 1.54) is 14.2 Å². The monoisotopic (exact) mass is 339 g/mol. The average Bonchev–Trinajstić information content (AvgIpc) is 3.13. The van der Waals surface area contributed by atoms with E-state index in [1.807, 2.05) is 17.7 Å². The molecule has 0 aromatic carbocycles. The van der Waals surface area contributed by atoms with E-state index >= 15 is 0 Å². The maximum absolute atomic E-state index is 13.8. The van der Waals surface area contributed by atoms with Gasteiger partial charge in [-0.2, -0.15) is 0 Å². The number of aromatic amines is 1. The van der Waals surface area contributed by atoms with Gasteiger partial charge < -0.3 is 19.0 Å². The minimum absolute atomic E-state index is 0.0852. The molecule has 0 radical (unpaired) electrons. The summed E-state index contributed by atoms with van der Waals surface area (Å²) in [6.45, 7) is -0.0852. The average molecular weight is 340 g/mol. The van der Waals surface area contributed by atoms with Gasteiger partial charge in [-0.05, 0) is 12.1 Å². The first-order valence-corrected chi connectivity index (χ1v) is 7.18. The number of rotatable bonds is 5. The summed E-state index contributed by atoms with van der Waals surface area (Å²) in [5, 5.41) is 8.24. The number of ether oxygens (including phenoxy) is 2. The molecule has 23 heavy (non-hydrogen) atoms. The van der Waals surface area contributed by atoms with Gasteiger partial charge in [0.15, 0.2) is 17.8 Å². The molecule has 7 nitrogen and oxygen atoms in total. The SMILES string of the molecule is COCC(F)c1nnc(-c2cc3nc(OC)c(Cl)cc3n2C)[nH]1. The van der Waals surface area contributed by atoms with Crippen LogP contribution >= 0.6 is 11.6 Å². The van der Waals surface area contributed by atoms with Crippen molar-refractivity contribution < 1.29 is 13.9 Å². The Bertz CT molecular complexity index is 847. The molecule has 122 valence electrons. The summed E-state index contributed by atoms with van der Waals surface area (Å²) in [5.74, 6) is 0.906. The number of hydrogen-bond donors (Lipinski definition) is 1. The Kier molecular flexibility index (Phi) is 4.18. The van der Waals surface area contributed by atoms with E-state index in [9.17, 15) is 4.39 Å². The van der Waals surface area contributed by atoms with E-state index in [-0.39, 0.29) is 12.4 Å². The number of nitrogens with zero attached hydrogens (tertiary/aromatic N) is 4. The van der Waals surface area contributed by atoms with E-state index in [4.69, 9.17) is 21.1 Å². The first-order valence-electron chi connectivity index (χ1n) is 6.81. The maximum Gasteiger partial charge on any atom is 0.233 e. The van der Waals surface area contributed by atoms with Crippen molar-refractivity contribution in [2.24, 2.45) is 7.05 Å². The Balaban J connectivity index is 2.05. The van der Waals surface area contributed by atoms with Crippen LogP contribution < -0.4 is 4.74 Å². The number of alkyl halides is 1. The van der Waals surface area contributed by atoms with Crippen molar-refractivity contribution >= 4 is 22.6 Å². The highest BCUT2D eigenvalue weighted by molar-refractivity contribution is 6.32. The van der Waals surface area contributed by atoms with Crippen LogP contribution in [0, 0.1) is 0 Å². The van der Waals surface area contributed by atoms with Crippen LogP contribution in [-0.4, -0.2) is 45.6 Å². The Morgan fingerprint density at radius 1 is 1.35 bits per heavy atom. The number of fused-ring (bicyclic) bond motifs is 1. The Labute approximate surface area is 136 Å². The largest absolute Gasteiger partial charge is 0.480 e. The fourth-order valence-corrected chi connectivity index (χ4v) is 2.56. The topological polar surface area (TPSA) is 77.9 Å². The van der Waals surface area contributed by atoms with Crippen LogP contribution in [-0.2, 0) is 11.8 Å². The smallest absolute Gasteiger partial charge is 0.233 e. The molecule has 3 rings (SSSR count). The summed E-state index contributed by atoms with van der Waals surface area (Å²) >= 11 is 6.11. The van der Waals surface area contributed by atoms with Gasteiger partial charge in [0.2, 0.25) is 5.88 Å². The number of methoxy groups -OCH3 is 2. The number of H-pyrrole nitrogens is 1. The Morgan fingerprint density at radius 3 is 2.83 bits per heavy atom. The van der Waals surface area contributed by atoms with Crippen molar-refractivity contribution in [1.82, 2.24) is 24.7 Å². The molecule has 3 aromatic rings. The predicted molar refractivity (Wildman–Crippen MR) is 83.4 cm³/mol. The van der Waals surface area contributed by atoms with Crippen molar-refractivity contribution in [3.8, 4) is 17.4 Å². The zero-order valence-corrected chi connectivity index (χ0v) is 13.6.